The van der Waals surface area contributed by atoms with Crippen LogP contribution in [0.3, 0.4) is 0 Å². The van der Waals surface area contributed by atoms with Gasteiger partial charge in [-0.1, -0.05) is 24.1 Å². The Morgan fingerprint density at radius 2 is 1.97 bits per heavy atom. The van der Waals surface area contributed by atoms with Crippen LogP contribution in [-0.4, -0.2) is 43.8 Å². The van der Waals surface area contributed by atoms with Crippen molar-refractivity contribution >= 4 is 27.0 Å². The molecule has 154 valence electrons. The molecule has 0 atom stereocenters. The number of nitrogens with one attached hydrogen (secondary N) is 1. The summed E-state index contributed by atoms with van der Waals surface area (Å²) in [6.45, 7) is 0.993. The van der Waals surface area contributed by atoms with Gasteiger partial charge < -0.3 is 9.32 Å². The number of rotatable bonds is 5. The second kappa shape index (κ2) is 8.30. The number of hydrogen-bond acceptors (Lipinski definition) is 5. The first-order valence-corrected chi connectivity index (χ1v) is 11.1. The van der Waals surface area contributed by atoms with E-state index in [1.807, 2.05) is 24.3 Å². The van der Waals surface area contributed by atoms with Gasteiger partial charge in [-0.25, -0.2) is 13.4 Å². The van der Waals surface area contributed by atoms with Crippen molar-refractivity contribution in [2.75, 3.05) is 19.6 Å². The molecule has 1 aliphatic heterocycles. The van der Waals surface area contributed by atoms with E-state index >= 15 is 0 Å². The van der Waals surface area contributed by atoms with Crippen molar-refractivity contribution in [2.45, 2.75) is 23.7 Å². The molecule has 4 rings (SSSR count). The monoisotopic (exact) mass is 423 g/mol. The number of terminal acetylenes is 1. The molecule has 0 bridgehead atoms. The Hall–Kier alpha value is -3.15. The van der Waals surface area contributed by atoms with E-state index in [9.17, 15) is 13.2 Å². The zero-order valence-electron chi connectivity index (χ0n) is 16.2. The summed E-state index contributed by atoms with van der Waals surface area (Å²) in [5.41, 5.74) is 1.93. The molecule has 1 aliphatic rings. The van der Waals surface area contributed by atoms with Gasteiger partial charge in [-0.3, -0.25) is 4.79 Å². The van der Waals surface area contributed by atoms with Crippen LogP contribution in [0, 0.1) is 12.3 Å². The highest BCUT2D eigenvalue weighted by molar-refractivity contribution is 7.89. The summed E-state index contributed by atoms with van der Waals surface area (Å²) in [7, 11) is -3.75. The normalized spacial score (nSPS) is 15.2. The molecule has 0 saturated carbocycles. The lowest BCUT2D eigenvalue weighted by Gasteiger charge is -2.30. The fraction of sp³-hybridized carbons (Fsp3) is 0.273. The minimum Gasteiger partial charge on any atom is -0.440 e. The molecule has 0 spiro atoms. The van der Waals surface area contributed by atoms with Crippen molar-refractivity contribution in [3.05, 3.63) is 60.0 Å². The summed E-state index contributed by atoms with van der Waals surface area (Å²) in [6, 6.07) is 13.6. The van der Waals surface area contributed by atoms with Crippen molar-refractivity contribution in [3.63, 3.8) is 0 Å². The van der Waals surface area contributed by atoms with Gasteiger partial charge in [0.1, 0.15) is 5.52 Å². The predicted octanol–water partition coefficient (Wildman–Crippen LogP) is 2.76. The number of para-hydroxylation sites is 2. The summed E-state index contributed by atoms with van der Waals surface area (Å²) in [5, 5.41) is 0. The van der Waals surface area contributed by atoms with Crippen molar-refractivity contribution in [3.8, 4) is 12.3 Å². The van der Waals surface area contributed by atoms with Crippen LogP contribution in [0.2, 0.25) is 0 Å². The summed E-state index contributed by atoms with van der Waals surface area (Å²) >= 11 is 0. The molecule has 1 fully saturated rings. The largest absolute Gasteiger partial charge is 0.440 e. The van der Waals surface area contributed by atoms with Gasteiger partial charge in [-0.05, 0) is 43.2 Å². The molecule has 1 amide bonds. The van der Waals surface area contributed by atoms with E-state index in [0.717, 1.165) is 23.9 Å². The van der Waals surface area contributed by atoms with Crippen LogP contribution in [0.25, 0.3) is 11.1 Å². The number of fused-ring (bicyclic) bond motifs is 1. The quantitative estimate of drug-likeness (QED) is 0.637. The minimum absolute atomic E-state index is 0.0185. The Morgan fingerprint density at radius 1 is 1.20 bits per heavy atom. The average molecular weight is 423 g/mol. The SMILES string of the molecule is C#CCNS(=O)(=O)c1cccc(C(=O)N2CCC(c3nc4ccccc4o3)CC2)c1. The van der Waals surface area contributed by atoms with E-state index in [1.165, 1.54) is 12.1 Å². The number of carbonyl (C=O) groups excluding carboxylic acids is 1. The van der Waals surface area contributed by atoms with Crippen molar-refractivity contribution < 1.29 is 17.6 Å². The van der Waals surface area contributed by atoms with Crippen molar-refractivity contribution in [1.82, 2.24) is 14.6 Å². The number of carbonyl (C=O) groups is 1. The van der Waals surface area contributed by atoms with Gasteiger partial charge in [0.25, 0.3) is 5.91 Å². The van der Waals surface area contributed by atoms with E-state index < -0.39 is 10.0 Å². The zero-order chi connectivity index (χ0) is 21.1. The molecule has 1 saturated heterocycles. The lowest BCUT2D eigenvalue weighted by molar-refractivity contribution is 0.0706. The fourth-order valence-electron chi connectivity index (χ4n) is 3.59. The van der Waals surface area contributed by atoms with Crippen LogP contribution in [-0.2, 0) is 10.0 Å². The second-order valence-electron chi connectivity index (χ2n) is 7.14. The molecule has 3 aromatic rings. The maximum absolute atomic E-state index is 12.9. The average Bonchev–Trinajstić information content (AvgIpc) is 3.22. The third-order valence-corrected chi connectivity index (χ3v) is 6.60. The van der Waals surface area contributed by atoms with Gasteiger partial charge >= 0.3 is 0 Å². The first-order chi connectivity index (χ1) is 14.5. The summed E-state index contributed by atoms with van der Waals surface area (Å²) < 4.78 is 32.7. The van der Waals surface area contributed by atoms with E-state index in [1.54, 1.807) is 17.0 Å². The molecule has 0 aliphatic carbocycles. The first-order valence-electron chi connectivity index (χ1n) is 9.66. The predicted molar refractivity (Wildman–Crippen MR) is 112 cm³/mol. The molecule has 1 N–H and O–H groups in total. The number of oxazole rings is 1. The Bertz CT molecular complexity index is 1190. The highest BCUT2D eigenvalue weighted by Gasteiger charge is 2.28. The highest BCUT2D eigenvalue weighted by atomic mass is 32.2. The number of sulfonamides is 1. The standard InChI is InChI=1S/C22H21N3O4S/c1-2-12-23-30(27,28)18-7-5-6-17(15-18)22(26)25-13-10-16(11-14-25)21-24-19-8-3-4-9-20(19)29-21/h1,3-9,15-16,23H,10-14H2. The van der Waals surface area contributed by atoms with E-state index in [2.05, 4.69) is 15.6 Å². The number of piperidine rings is 1. The molecule has 30 heavy (non-hydrogen) atoms. The molecule has 8 heteroatoms. The first kappa shape index (κ1) is 20.1. The Kier molecular flexibility index (Phi) is 5.57. The smallest absolute Gasteiger partial charge is 0.253 e. The van der Waals surface area contributed by atoms with Gasteiger partial charge in [0, 0.05) is 24.6 Å². The highest BCUT2D eigenvalue weighted by Crippen LogP contribution is 2.30. The van der Waals surface area contributed by atoms with Gasteiger partial charge in [0.15, 0.2) is 11.5 Å². The number of amides is 1. The number of likely N-dealkylation sites (tertiary alicyclic amines) is 1. The zero-order valence-corrected chi connectivity index (χ0v) is 17.1. The van der Waals surface area contributed by atoms with Crippen LogP contribution >= 0.6 is 0 Å². The van der Waals surface area contributed by atoms with Crippen LogP contribution in [0.4, 0.5) is 0 Å². The maximum Gasteiger partial charge on any atom is 0.253 e. The molecule has 2 aromatic carbocycles. The molecule has 1 aromatic heterocycles. The van der Waals surface area contributed by atoms with Crippen LogP contribution in [0.1, 0.15) is 35.0 Å². The fourth-order valence-corrected chi connectivity index (χ4v) is 4.57. The summed E-state index contributed by atoms with van der Waals surface area (Å²) in [5.74, 6) is 2.89. The van der Waals surface area contributed by atoms with Crippen LogP contribution < -0.4 is 4.72 Å². The number of nitrogens with zero attached hydrogens (tertiary/aromatic N) is 2. The second-order valence-corrected chi connectivity index (χ2v) is 8.91. The number of hydrogen-bond donors (Lipinski definition) is 1. The molecule has 0 radical (unpaired) electrons. The molecular formula is C22H21N3O4S. The topological polar surface area (TPSA) is 92.5 Å². The molecule has 0 unspecified atom stereocenters. The minimum atomic E-state index is -3.75. The Balaban J connectivity index is 1.44. The van der Waals surface area contributed by atoms with E-state index in [4.69, 9.17) is 10.8 Å². The van der Waals surface area contributed by atoms with Crippen LogP contribution in [0.15, 0.2) is 57.8 Å². The van der Waals surface area contributed by atoms with Crippen LogP contribution in [0.5, 0.6) is 0 Å². The third-order valence-electron chi connectivity index (χ3n) is 5.20. The van der Waals surface area contributed by atoms with Gasteiger partial charge in [-0.2, -0.15) is 4.72 Å². The van der Waals surface area contributed by atoms with Crippen molar-refractivity contribution in [2.24, 2.45) is 0 Å². The maximum atomic E-state index is 12.9. The van der Waals surface area contributed by atoms with E-state index in [-0.39, 0.29) is 23.3 Å². The van der Waals surface area contributed by atoms with Gasteiger partial charge in [0.2, 0.25) is 10.0 Å². The van der Waals surface area contributed by atoms with Gasteiger partial charge in [0.05, 0.1) is 11.4 Å². The third kappa shape index (κ3) is 4.08. The molecule has 2 heterocycles. The Labute approximate surface area is 175 Å². The lowest BCUT2D eigenvalue weighted by atomic mass is 9.96. The molecular weight excluding hydrogens is 402 g/mol. The lowest BCUT2D eigenvalue weighted by Crippen LogP contribution is -2.38. The number of benzene rings is 2. The van der Waals surface area contributed by atoms with Crippen molar-refractivity contribution in [1.29, 1.82) is 0 Å². The summed E-state index contributed by atoms with van der Waals surface area (Å²) in [6.07, 6.45) is 6.59. The van der Waals surface area contributed by atoms with Gasteiger partial charge in [-0.15, -0.1) is 6.42 Å². The Morgan fingerprint density at radius 3 is 2.70 bits per heavy atom. The van der Waals surface area contributed by atoms with E-state index in [0.29, 0.717) is 24.5 Å². The number of aromatic nitrogens is 1. The molecule has 7 nitrogen and oxygen atoms in total. The summed E-state index contributed by atoms with van der Waals surface area (Å²) in [4.78, 5) is 19.2.